The Labute approximate surface area is 143 Å². The molecule has 0 saturated carbocycles. The van der Waals surface area contributed by atoms with E-state index in [2.05, 4.69) is 10.4 Å². The SMILES string of the molecule is Cc1cc(C)cc(-n2nc(C(=O)NC(CC(F)F)C(=O)O)cc2C)c1. The number of nitrogens with one attached hydrogen (secondary N) is 1. The number of carbonyl (C=O) groups excluding carboxylic acids is 1. The van der Waals surface area contributed by atoms with Gasteiger partial charge < -0.3 is 10.4 Å². The predicted molar refractivity (Wildman–Crippen MR) is 87.3 cm³/mol. The molecule has 25 heavy (non-hydrogen) atoms. The van der Waals surface area contributed by atoms with E-state index in [-0.39, 0.29) is 5.69 Å². The molecule has 134 valence electrons. The van der Waals surface area contributed by atoms with Crippen molar-refractivity contribution in [2.24, 2.45) is 0 Å². The molecule has 0 spiro atoms. The second-order valence-electron chi connectivity index (χ2n) is 5.92. The first-order chi connectivity index (χ1) is 11.7. The Hall–Kier alpha value is -2.77. The van der Waals surface area contributed by atoms with E-state index in [9.17, 15) is 18.4 Å². The fourth-order valence-electron chi connectivity index (χ4n) is 2.55. The molecular formula is C17H19F2N3O3. The molecule has 0 aliphatic carbocycles. The van der Waals surface area contributed by atoms with Crippen LogP contribution in [-0.4, -0.2) is 39.2 Å². The van der Waals surface area contributed by atoms with E-state index in [1.165, 1.54) is 6.07 Å². The third-order valence-electron chi connectivity index (χ3n) is 3.59. The van der Waals surface area contributed by atoms with Gasteiger partial charge in [-0.2, -0.15) is 5.10 Å². The minimum Gasteiger partial charge on any atom is -0.480 e. The van der Waals surface area contributed by atoms with Gasteiger partial charge in [-0.25, -0.2) is 18.3 Å². The molecule has 0 aliphatic heterocycles. The normalized spacial score (nSPS) is 12.2. The first-order valence-electron chi connectivity index (χ1n) is 7.64. The van der Waals surface area contributed by atoms with Crippen molar-refractivity contribution in [3.63, 3.8) is 0 Å². The Morgan fingerprint density at radius 3 is 2.28 bits per heavy atom. The number of aryl methyl sites for hydroxylation is 3. The third kappa shape index (κ3) is 4.62. The molecule has 2 rings (SSSR count). The number of hydrogen-bond acceptors (Lipinski definition) is 3. The molecule has 1 unspecified atom stereocenters. The first-order valence-corrected chi connectivity index (χ1v) is 7.64. The molecule has 0 saturated heterocycles. The second kappa shape index (κ2) is 7.42. The minimum atomic E-state index is -2.84. The van der Waals surface area contributed by atoms with Crippen molar-refractivity contribution in [1.82, 2.24) is 15.1 Å². The van der Waals surface area contributed by atoms with Gasteiger partial charge in [0.05, 0.1) is 5.69 Å². The van der Waals surface area contributed by atoms with Gasteiger partial charge in [0, 0.05) is 12.1 Å². The Balaban J connectivity index is 2.26. The number of carboxylic acid groups (broad SMARTS) is 1. The summed E-state index contributed by atoms with van der Waals surface area (Å²) in [5, 5.41) is 15.2. The Bertz CT molecular complexity index is 782. The lowest BCUT2D eigenvalue weighted by atomic mass is 10.1. The second-order valence-corrected chi connectivity index (χ2v) is 5.92. The Morgan fingerprint density at radius 1 is 1.16 bits per heavy atom. The number of aromatic nitrogens is 2. The number of halogens is 2. The topological polar surface area (TPSA) is 84.2 Å². The van der Waals surface area contributed by atoms with Gasteiger partial charge in [0.25, 0.3) is 5.91 Å². The monoisotopic (exact) mass is 351 g/mol. The van der Waals surface area contributed by atoms with Crippen molar-refractivity contribution < 1.29 is 23.5 Å². The molecule has 1 atom stereocenters. The van der Waals surface area contributed by atoms with Crippen LogP contribution >= 0.6 is 0 Å². The number of alkyl halides is 2. The van der Waals surface area contributed by atoms with E-state index < -0.39 is 30.8 Å². The van der Waals surface area contributed by atoms with Crippen LogP contribution in [0.4, 0.5) is 8.78 Å². The van der Waals surface area contributed by atoms with Crippen molar-refractivity contribution in [2.75, 3.05) is 0 Å². The van der Waals surface area contributed by atoms with Gasteiger partial charge in [-0.15, -0.1) is 0 Å². The number of nitrogens with zero attached hydrogens (tertiary/aromatic N) is 2. The highest BCUT2D eigenvalue weighted by Crippen LogP contribution is 2.16. The van der Waals surface area contributed by atoms with Crippen LogP contribution in [0.25, 0.3) is 5.69 Å². The summed E-state index contributed by atoms with van der Waals surface area (Å²) < 4.78 is 26.4. The molecule has 1 aromatic heterocycles. The molecule has 0 bridgehead atoms. The van der Waals surface area contributed by atoms with Crippen LogP contribution in [0, 0.1) is 20.8 Å². The summed E-state index contributed by atoms with van der Waals surface area (Å²) >= 11 is 0. The maximum Gasteiger partial charge on any atom is 0.326 e. The van der Waals surface area contributed by atoms with Gasteiger partial charge in [-0.1, -0.05) is 6.07 Å². The van der Waals surface area contributed by atoms with Crippen molar-refractivity contribution in [2.45, 2.75) is 39.7 Å². The molecule has 0 aliphatic rings. The standard InChI is InChI=1S/C17H19F2N3O3/c1-9-4-10(2)6-12(5-9)22-11(3)7-13(21-22)16(23)20-14(17(24)25)8-15(18)19/h4-7,14-15H,8H2,1-3H3,(H,20,23)(H,24,25). The van der Waals surface area contributed by atoms with Crippen molar-refractivity contribution >= 4 is 11.9 Å². The number of hydrogen-bond donors (Lipinski definition) is 2. The summed E-state index contributed by atoms with van der Waals surface area (Å²) in [6, 6.07) is 5.60. The minimum absolute atomic E-state index is 0.0304. The average Bonchev–Trinajstić information content (AvgIpc) is 2.87. The molecular weight excluding hydrogens is 332 g/mol. The van der Waals surface area contributed by atoms with E-state index in [1.807, 2.05) is 32.0 Å². The zero-order valence-corrected chi connectivity index (χ0v) is 14.1. The predicted octanol–water partition coefficient (Wildman–Crippen LogP) is 2.64. The summed E-state index contributed by atoms with van der Waals surface area (Å²) in [6.45, 7) is 5.62. The molecule has 1 aromatic carbocycles. The highest BCUT2D eigenvalue weighted by Gasteiger charge is 2.26. The van der Waals surface area contributed by atoms with Gasteiger partial charge in [0.2, 0.25) is 6.43 Å². The number of rotatable bonds is 6. The van der Waals surface area contributed by atoms with Gasteiger partial charge in [-0.3, -0.25) is 4.79 Å². The summed E-state index contributed by atoms with van der Waals surface area (Å²) in [4.78, 5) is 23.2. The lowest BCUT2D eigenvalue weighted by molar-refractivity contribution is -0.140. The van der Waals surface area contributed by atoms with Crippen molar-refractivity contribution in [3.8, 4) is 5.69 Å². The molecule has 6 nitrogen and oxygen atoms in total. The number of carboxylic acids is 1. The molecule has 0 radical (unpaired) electrons. The zero-order chi connectivity index (χ0) is 18.7. The Morgan fingerprint density at radius 2 is 1.76 bits per heavy atom. The molecule has 0 fully saturated rings. The number of amides is 1. The van der Waals surface area contributed by atoms with Crippen LogP contribution in [0.3, 0.4) is 0 Å². The number of aliphatic carboxylic acids is 1. The fraction of sp³-hybridized carbons (Fsp3) is 0.353. The average molecular weight is 351 g/mol. The first kappa shape index (κ1) is 18.6. The number of benzene rings is 1. The summed E-state index contributed by atoms with van der Waals surface area (Å²) in [7, 11) is 0. The van der Waals surface area contributed by atoms with Gasteiger partial charge >= 0.3 is 5.97 Å². The van der Waals surface area contributed by atoms with Crippen LogP contribution in [0.5, 0.6) is 0 Å². The van der Waals surface area contributed by atoms with Crippen LogP contribution in [-0.2, 0) is 4.79 Å². The molecule has 1 heterocycles. The van der Waals surface area contributed by atoms with E-state index >= 15 is 0 Å². The van der Waals surface area contributed by atoms with Crippen LogP contribution in [0.15, 0.2) is 24.3 Å². The van der Waals surface area contributed by atoms with Gasteiger partial charge in [0.1, 0.15) is 6.04 Å². The maximum absolute atomic E-state index is 12.4. The largest absolute Gasteiger partial charge is 0.480 e. The van der Waals surface area contributed by atoms with Crippen molar-refractivity contribution in [1.29, 1.82) is 0 Å². The highest BCUT2D eigenvalue weighted by molar-refractivity contribution is 5.95. The Kier molecular flexibility index (Phi) is 5.51. The van der Waals surface area contributed by atoms with Crippen LogP contribution in [0.2, 0.25) is 0 Å². The molecule has 2 N–H and O–H groups in total. The lowest BCUT2D eigenvalue weighted by Crippen LogP contribution is -2.42. The quantitative estimate of drug-likeness (QED) is 0.838. The smallest absolute Gasteiger partial charge is 0.326 e. The van der Waals surface area contributed by atoms with E-state index in [0.29, 0.717) is 5.69 Å². The third-order valence-corrected chi connectivity index (χ3v) is 3.59. The molecule has 8 heteroatoms. The lowest BCUT2D eigenvalue weighted by Gasteiger charge is -2.12. The summed E-state index contributed by atoms with van der Waals surface area (Å²) in [5.41, 5.74) is 3.45. The molecule has 2 aromatic rings. The van der Waals surface area contributed by atoms with E-state index in [1.54, 1.807) is 11.6 Å². The highest BCUT2D eigenvalue weighted by atomic mass is 19.3. The summed E-state index contributed by atoms with van der Waals surface area (Å²) in [5.74, 6) is -2.32. The fourth-order valence-corrected chi connectivity index (χ4v) is 2.55. The maximum atomic E-state index is 12.4. The zero-order valence-electron chi connectivity index (χ0n) is 14.1. The van der Waals surface area contributed by atoms with Crippen LogP contribution in [0.1, 0.15) is 33.7 Å². The van der Waals surface area contributed by atoms with E-state index in [4.69, 9.17) is 5.11 Å². The number of carbonyl (C=O) groups is 2. The van der Waals surface area contributed by atoms with Crippen molar-refractivity contribution in [3.05, 3.63) is 46.8 Å². The van der Waals surface area contributed by atoms with Gasteiger partial charge in [0.15, 0.2) is 5.69 Å². The summed E-state index contributed by atoms with van der Waals surface area (Å²) in [6.07, 6.45) is -3.80. The molecule has 1 amide bonds. The van der Waals surface area contributed by atoms with Crippen LogP contribution < -0.4 is 5.32 Å². The van der Waals surface area contributed by atoms with E-state index in [0.717, 1.165) is 16.8 Å². The van der Waals surface area contributed by atoms with Gasteiger partial charge in [-0.05, 0) is 50.1 Å².